The van der Waals surface area contributed by atoms with Gasteiger partial charge in [-0.3, -0.25) is 4.79 Å². The monoisotopic (exact) mass is 345 g/mol. The second kappa shape index (κ2) is 6.35. The van der Waals surface area contributed by atoms with E-state index in [4.69, 9.17) is 0 Å². The normalized spacial score (nSPS) is 16.0. The highest BCUT2D eigenvalue weighted by Gasteiger charge is 2.25. The van der Waals surface area contributed by atoms with E-state index in [0.29, 0.717) is 11.5 Å². The SMILES string of the molecule is O=C(c1ccnnc1)N1CCC(c2ccccc2Br)CC1. The van der Waals surface area contributed by atoms with Crippen molar-refractivity contribution in [3.05, 3.63) is 58.3 Å². The Hall–Kier alpha value is -1.75. The average molecular weight is 346 g/mol. The fourth-order valence-electron chi connectivity index (χ4n) is 2.80. The van der Waals surface area contributed by atoms with Gasteiger partial charge in [-0.1, -0.05) is 34.1 Å². The smallest absolute Gasteiger partial charge is 0.255 e. The quantitative estimate of drug-likeness (QED) is 0.839. The van der Waals surface area contributed by atoms with Gasteiger partial charge in [0.1, 0.15) is 0 Å². The third kappa shape index (κ3) is 3.13. The summed E-state index contributed by atoms with van der Waals surface area (Å²) in [5.74, 6) is 0.565. The highest BCUT2D eigenvalue weighted by Crippen LogP contribution is 2.33. The number of hydrogen-bond donors (Lipinski definition) is 0. The van der Waals surface area contributed by atoms with Gasteiger partial charge in [-0.15, -0.1) is 0 Å². The summed E-state index contributed by atoms with van der Waals surface area (Å²) in [4.78, 5) is 14.3. The molecular formula is C16H16BrN3O. The first-order valence-corrected chi connectivity index (χ1v) is 7.85. The van der Waals surface area contributed by atoms with Crippen molar-refractivity contribution in [3.8, 4) is 0 Å². The molecule has 1 amide bonds. The van der Waals surface area contributed by atoms with Gasteiger partial charge in [0.25, 0.3) is 5.91 Å². The first kappa shape index (κ1) is 14.2. The molecule has 0 unspecified atom stereocenters. The van der Waals surface area contributed by atoms with Crippen LogP contribution >= 0.6 is 15.9 Å². The number of piperidine rings is 1. The van der Waals surface area contributed by atoms with Gasteiger partial charge < -0.3 is 4.90 Å². The number of rotatable bonds is 2. The summed E-state index contributed by atoms with van der Waals surface area (Å²) in [6.45, 7) is 1.57. The highest BCUT2D eigenvalue weighted by atomic mass is 79.9. The standard InChI is InChI=1S/C16H16BrN3O/c17-15-4-2-1-3-14(15)12-6-9-20(10-7-12)16(21)13-5-8-18-19-11-13/h1-5,8,11-12H,6-7,9-10H2. The largest absolute Gasteiger partial charge is 0.339 e. The predicted molar refractivity (Wildman–Crippen MR) is 84.1 cm³/mol. The van der Waals surface area contributed by atoms with Crippen LogP contribution in [0.2, 0.25) is 0 Å². The maximum absolute atomic E-state index is 12.4. The van der Waals surface area contributed by atoms with E-state index in [-0.39, 0.29) is 5.91 Å². The second-order valence-electron chi connectivity index (χ2n) is 5.22. The second-order valence-corrected chi connectivity index (χ2v) is 6.07. The Morgan fingerprint density at radius 3 is 2.57 bits per heavy atom. The molecule has 2 heterocycles. The van der Waals surface area contributed by atoms with Gasteiger partial charge in [0, 0.05) is 17.6 Å². The summed E-state index contributed by atoms with van der Waals surface area (Å²) in [6, 6.07) is 10.1. The van der Waals surface area contributed by atoms with Gasteiger partial charge in [0.15, 0.2) is 0 Å². The van der Waals surface area contributed by atoms with E-state index in [1.165, 1.54) is 11.8 Å². The Bertz CT molecular complexity index is 624. The molecule has 0 N–H and O–H groups in total. The lowest BCUT2D eigenvalue weighted by molar-refractivity contribution is 0.0712. The van der Waals surface area contributed by atoms with Crippen molar-refractivity contribution in [1.29, 1.82) is 0 Å². The topological polar surface area (TPSA) is 46.1 Å². The number of benzene rings is 1. The summed E-state index contributed by atoms with van der Waals surface area (Å²) >= 11 is 3.62. The average Bonchev–Trinajstić information content (AvgIpc) is 2.56. The molecule has 1 saturated heterocycles. The van der Waals surface area contributed by atoms with Crippen molar-refractivity contribution in [3.63, 3.8) is 0 Å². The Kier molecular flexibility index (Phi) is 4.29. The van der Waals surface area contributed by atoms with E-state index in [0.717, 1.165) is 30.4 Å². The minimum atomic E-state index is 0.0514. The Labute approximate surface area is 132 Å². The number of likely N-dealkylation sites (tertiary alicyclic amines) is 1. The zero-order valence-electron chi connectivity index (χ0n) is 11.6. The van der Waals surface area contributed by atoms with Crippen LogP contribution in [0.1, 0.15) is 34.7 Å². The van der Waals surface area contributed by atoms with E-state index in [1.54, 1.807) is 12.3 Å². The summed E-state index contributed by atoms with van der Waals surface area (Å²) in [6.07, 6.45) is 5.07. The van der Waals surface area contributed by atoms with Crippen molar-refractivity contribution in [2.75, 3.05) is 13.1 Å². The molecule has 4 nitrogen and oxygen atoms in total. The molecule has 1 fully saturated rings. The molecule has 0 radical (unpaired) electrons. The van der Waals surface area contributed by atoms with Gasteiger partial charge in [0.2, 0.25) is 0 Å². The van der Waals surface area contributed by atoms with E-state index >= 15 is 0 Å². The lowest BCUT2D eigenvalue weighted by atomic mass is 9.89. The number of carbonyl (C=O) groups excluding carboxylic acids is 1. The zero-order chi connectivity index (χ0) is 14.7. The molecule has 2 aromatic rings. The van der Waals surface area contributed by atoms with Crippen LogP contribution in [0.5, 0.6) is 0 Å². The third-order valence-electron chi connectivity index (χ3n) is 3.96. The van der Waals surface area contributed by atoms with Crippen molar-refractivity contribution in [2.24, 2.45) is 0 Å². The molecule has 1 aliphatic rings. The fourth-order valence-corrected chi connectivity index (χ4v) is 3.41. The van der Waals surface area contributed by atoms with E-state index in [9.17, 15) is 4.79 Å². The Balaban J connectivity index is 1.66. The molecule has 0 atom stereocenters. The maximum atomic E-state index is 12.4. The van der Waals surface area contributed by atoms with E-state index < -0.39 is 0 Å². The van der Waals surface area contributed by atoms with Crippen LogP contribution in [0, 0.1) is 0 Å². The summed E-state index contributed by atoms with van der Waals surface area (Å²) in [5, 5.41) is 7.48. The van der Waals surface area contributed by atoms with Crippen LogP contribution in [-0.4, -0.2) is 34.1 Å². The number of nitrogens with zero attached hydrogens (tertiary/aromatic N) is 3. The first-order valence-electron chi connectivity index (χ1n) is 7.06. The van der Waals surface area contributed by atoms with E-state index in [1.807, 2.05) is 11.0 Å². The highest BCUT2D eigenvalue weighted by molar-refractivity contribution is 9.10. The van der Waals surface area contributed by atoms with Gasteiger partial charge in [-0.25, -0.2) is 0 Å². The molecule has 1 aromatic carbocycles. The third-order valence-corrected chi connectivity index (χ3v) is 4.68. The molecule has 1 aromatic heterocycles. The van der Waals surface area contributed by atoms with Crippen molar-refractivity contribution >= 4 is 21.8 Å². The van der Waals surface area contributed by atoms with Gasteiger partial charge in [-0.2, -0.15) is 10.2 Å². The summed E-state index contributed by atoms with van der Waals surface area (Å²) in [7, 11) is 0. The number of amides is 1. The Morgan fingerprint density at radius 2 is 1.90 bits per heavy atom. The van der Waals surface area contributed by atoms with Gasteiger partial charge in [-0.05, 0) is 36.5 Å². The molecule has 1 aliphatic heterocycles. The predicted octanol–water partition coefficient (Wildman–Crippen LogP) is 3.26. The Morgan fingerprint density at radius 1 is 1.14 bits per heavy atom. The number of aromatic nitrogens is 2. The molecular weight excluding hydrogens is 330 g/mol. The molecule has 0 spiro atoms. The van der Waals surface area contributed by atoms with Crippen LogP contribution in [0.15, 0.2) is 47.2 Å². The van der Waals surface area contributed by atoms with Crippen molar-refractivity contribution in [1.82, 2.24) is 15.1 Å². The van der Waals surface area contributed by atoms with Crippen molar-refractivity contribution in [2.45, 2.75) is 18.8 Å². The van der Waals surface area contributed by atoms with Crippen LogP contribution < -0.4 is 0 Å². The molecule has 108 valence electrons. The van der Waals surface area contributed by atoms with Crippen molar-refractivity contribution < 1.29 is 4.79 Å². The molecule has 5 heteroatoms. The summed E-state index contributed by atoms with van der Waals surface area (Å²) in [5.41, 5.74) is 1.96. The fraction of sp³-hybridized carbons (Fsp3) is 0.312. The number of halogens is 1. The molecule has 0 aliphatic carbocycles. The zero-order valence-corrected chi connectivity index (χ0v) is 13.2. The van der Waals surface area contributed by atoms with Crippen LogP contribution in [-0.2, 0) is 0 Å². The summed E-state index contributed by atoms with van der Waals surface area (Å²) < 4.78 is 1.16. The van der Waals surface area contributed by atoms with Crippen LogP contribution in [0.25, 0.3) is 0 Å². The molecule has 3 rings (SSSR count). The maximum Gasteiger partial charge on any atom is 0.255 e. The minimum absolute atomic E-state index is 0.0514. The van der Waals surface area contributed by atoms with Crippen LogP contribution in [0.4, 0.5) is 0 Å². The molecule has 21 heavy (non-hydrogen) atoms. The molecule has 0 bridgehead atoms. The van der Waals surface area contributed by atoms with Crippen LogP contribution in [0.3, 0.4) is 0 Å². The molecule has 0 saturated carbocycles. The van der Waals surface area contributed by atoms with Gasteiger partial charge >= 0.3 is 0 Å². The number of carbonyl (C=O) groups is 1. The number of hydrogen-bond acceptors (Lipinski definition) is 3. The lowest BCUT2D eigenvalue weighted by Gasteiger charge is -2.32. The van der Waals surface area contributed by atoms with Gasteiger partial charge in [0.05, 0.1) is 18.0 Å². The lowest BCUT2D eigenvalue weighted by Crippen LogP contribution is -2.38. The first-order chi connectivity index (χ1) is 10.3. The minimum Gasteiger partial charge on any atom is -0.339 e. The van der Waals surface area contributed by atoms with E-state index in [2.05, 4.69) is 44.3 Å².